The summed E-state index contributed by atoms with van der Waals surface area (Å²) in [6.07, 6.45) is 1.94. The standard InChI is InChI=1S/C32H52N2O6/c1-21(2)27-17-25(18-30(6,7)33(27)37)38-28(35)15-16-29(36)39-26-19-31(8,9)34(32(10,20-26)22(3)4)40-24-13-11-23(5)12-14-24/h11-14,21-22,25-27,37H,15-20H2,1-10H3/p+1. The van der Waals surface area contributed by atoms with Crippen molar-refractivity contribution >= 4 is 11.9 Å². The molecule has 8 heteroatoms. The van der Waals surface area contributed by atoms with Gasteiger partial charge in [-0.15, -0.1) is 5.06 Å². The molecule has 0 bridgehead atoms. The predicted molar refractivity (Wildman–Crippen MR) is 157 cm³/mol. The second-order valence-electron chi connectivity index (χ2n) is 14.1. The maximum atomic E-state index is 12.9. The molecule has 3 rings (SSSR count). The van der Waals surface area contributed by atoms with Gasteiger partial charge in [-0.25, -0.2) is 0 Å². The summed E-state index contributed by atoms with van der Waals surface area (Å²) in [5, 5.41) is 12.2. The summed E-state index contributed by atoms with van der Waals surface area (Å²) in [6, 6.07) is 8.06. The highest BCUT2D eigenvalue weighted by Gasteiger charge is 2.52. The quantitative estimate of drug-likeness (QED) is 0.281. The summed E-state index contributed by atoms with van der Waals surface area (Å²) in [6.45, 7) is 21.0. The first-order valence-electron chi connectivity index (χ1n) is 14.9. The number of piperidine rings is 2. The molecule has 0 radical (unpaired) electrons. The van der Waals surface area contributed by atoms with E-state index in [1.807, 2.05) is 38.1 Å². The lowest BCUT2D eigenvalue weighted by Crippen LogP contribution is -2.66. The molecule has 0 amide bonds. The minimum Gasteiger partial charge on any atom is -0.462 e. The number of hydroxylamine groups is 4. The normalized spacial score (nSPS) is 28.9. The Kier molecular flexibility index (Phi) is 10.0. The number of rotatable bonds is 9. The predicted octanol–water partition coefficient (Wildman–Crippen LogP) is 5.72. The third-order valence-electron chi connectivity index (χ3n) is 8.96. The van der Waals surface area contributed by atoms with Gasteiger partial charge in [0.25, 0.3) is 0 Å². The van der Waals surface area contributed by atoms with Crippen molar-refractivity contribution in [1.29, 1.82) is 0 Å². The molecule has 0 spiro atoms. The number of hydrogen-bond donors (Lipinski definition) is 0. The van der Waals surface area contributed by atoms with E-state index in [1.54, 1.807) is 5.06 Å². The Morgan fingerprint density at radius 3 is 1.93 bits per heavy atom. The first-order valence-corrected chi connectivity index (χ1v) is 14.9. The van der Waals surface area contributed by atoms with Crippen molar-refractivity contribution in [2.45, 2.75) is 143 Å². The second-order valence-corrected chi connectivity index (χ2v) is 14.1. The molecule has 2 saturated heterocycles. The third kappa shape index (κ3) is 7.56. The molecule has 0 aromatic heterocycles. The van der Waals surface area contributed by atoms with Crippen LogP contribution in [0.15, 0.2) is 24.3 Å². The second kappa shape index (κ2) is 12.4. The molecule has 8 nitrogen and oxygen atoms in total. The van der Waals surface area contributed by atoms with Gasteiger partial charge in [-0.05, 0) is 65.5 Å². The lowest BCUT2D eigenvalue weighted by Gasteiger charge is -2.56. The molecule has 4 unspecified atom stereocenters. The van der Waals surface area contributed by atoms with E-state index in [9.17, 15) is 9.59 Å². The van der Waals surface area contributed by atoms with Crippen molar-refractivity contribution < 1.29 is 29.1 Å². The van der Waals surface area contributed by atoms with Gasteiger partial charge in [0.15, 0.2) is 0 Å². The Labute approximate surface area is 241 Å². The average molecular weight is 562 g/mol. The maximum Gasteiger partial charge on any atom is 0.306 e. The number of hydrogen-bond acceptors (Lipinski definition) is 7. The van der Waals surface area contributed by atoms with Crippen LogP contribution in [-0.2, 0) is 19.1 Å². The molecule has 1 aromatic carbocycles. The first-order chi connectivity index (χ1) is 18.4. The zero-order valence-electron chi connectivity index (χ0n) is 26.4. The molecule has 4 atom stereocenters. The number of carbonyl (C=O) groups is 2. The minimum absolute atomic E-state index is 0.00703. The van der Waals surface area contributed by atoms with Gasteiger partial charge in [-0.2, -0.15) is 0 Å². The van der Waals surface area contributed by atoms with Crippen LogP contribution in [0.4, 0.5) is 0 Å². The van der Waals surface area contributed by atoms with Crippen molar-refractivity contribution in [2.75, 3.05) is 0 Å². The molecule has 2 heterocycles. The summed E-state index contributed by atoms with van der Waals surface area (Å²) in [4.78, 5) is 32.0. The lowest BCUT2D eigenvalue weighted by atomic mass is 9.73. The fourth-order valence-corrected chi connectivity index (χ4v) is 6.35. The van der Waals surface area contributed by atoms with Crippen molar-refractivity contribution in [2.24, 2.45) is 11.8 Å². The Morgan fingerprint density at radius 2 is 1.40 bits per heavy atom. The zero-order valence-corrected chi connectivity index (χ0v) is 26.4. The molecule has 2 N–H and O–H groups in total. The van der Waals surface area contributed by atoms with Crippen LogP contribution in [0.1, 0.15) is 106 Å². The molecule has 2 fully saturated rings. The smallest absolute Gasteiger partial charge is 0.306 e. The van der Waals surface area contributed by atoms with Gasteiger partial charge in [0.1, 0.15) is 18.0 Å². The van der Waals surface area contributed by atoms with Gasteiger partial charge >= 0.3 is 11.9 Å². The summed E-state index contributed by atoms with van der Waals surface area (Å²) in [5.41, 5.74) is 0.0292. The van der Waals surface area contributed by atoms with Crippen LogP contribution in [0.25, 0.3) is 0 Å². The molecule has 1 aromatic rings. The molecule has 2 aliphatic heterocycles. The number of benzene rings is 1. The topological polar surface area (TPSA) is 91.2 Å². The Hall–Kier alpha value is -2.16. The largest absolute Gasteiger partial charge is 0.462 e. The fraction of sp³-hybridized carbons (Fsp3) is 0.750. The van der Waals surface area contributed by atoms with E-state index in [4.69, 9.17) is 19.5 Å². The van der Waals surface area contributed by atoms with E-state index in [0.29, 0.717) is 25.7 Å². The molecular formula is C32H53N2O6+. The summed E-state index contributed by atoms with van der Waals surface area (Å²) in [7, 11) is 0. The van der Waals surface area contributed by atoms with Crippen molar-refractivity contribution in [3.63, 3.8) is 0 Å². The molecule has 0 aliphatic carbocycles. The summed E-state index contributed by atoms with van der Waals surface area (Å²) in [5.74, 6) is 0.548. The monoisotopic (exact) mass is 561 g/mol. The van der Waals surface area contributed by atoms with Crippen LogP contribution >= 0.6 is 0 Å². The third-order valence-corrected chi connectivity index (χ3v) is 8.96. The number of nitrogens with zero attached hydrogens (tertiary/aromatic N) is 2. The number of ether oxygens (including phenoxy) is 2. The number of aryl methyl sites for hydroxylation is 1. The minimum atomic E-state index is -0.390. The van der Waals surface area contributed by atoms with Crippen molar-refractivity contribution in [3.8, 4) is 5.75 Å². The maximum absolute atomic E-state index is 12.9. The zero-order chi connectivity index (χ0) is 30.0. The Bertz CT molecular complexity index is 1020. The van der Waals surface area contributed by atoms with E-state index in [0.717, 1.165) is 5.75 Å². The van der Waals surface area contributed by atoms with Crippen LogP contribution < -0.4 is 4.84 Å². The fourth-order valence-electron chi connectivity index (χ4n) is 6.35. The van der Waals surface area contributed by atoms with Gasteiger partial charge < -0.3 is 19.5 Å². The Balaban J connectivity index is 1.58. The highest BCUT2D eigenvalue weighted by atomic mass is 16.7. The van der Waals surface area contributed by atoms with E-state index < -0.39 is 5.54 Å². The van der Waals surface area contributed by atoms with Gasteiger partial charge in [-0.3, -0.25) is 9.59 Å². The summed E-state index contributed by atoms with van der Waals surface area (Å²) >= 11 is 0. The highest BCUT2D eigenvalue weighted by molar-refractivity contribution is 5.77. The van der Waals surface area contributed by atoms with Gasteiger partial charge in [0.05, 0.1) is 35.5 Å². The van der Waals surface area contributed by atoms with Crippen LogP contribution in [0, 0.1) is 18.8 Å². The first kappa shape index (κ1) is 32.4. The molecule has 2 aliphatic rings. The summed E-state index contributed by atoms with van der Waals surface area (Å²) < 4.78 is 11.8. The van der Waals surface area contributed by atoms with Crippen LogP contribution in [-0.4, -0.2) is 62.1 Å². The van der Waals surface area contributed by atoms with Crippen molar-refractivity contribution in [1.82, 2.24) is 10.1 Å². The molecule has 0 saturated carbocycles. The van der Waals surface area contributed by atoms with Gasteiger partial charge in [-0.1, -0.05) is 50.5 Å². The SMILES string of the molecule is Cc1ccc(ON2C(C)(C)CC(OC(=O)CCC(=O)OC3CC(C(C)C)N([OH2+])C(C)(C)C3)CC2(C)C(C)C)cc1. The number of carbonyl (C=O) groups excluding carboxylic acids is 2. The Morgan fingerprint density at radius 1 is 0.875 bits per heavy atom. The van der Waals surface area contributed by atoms with Crippen molar-refractivity contribution in [3.05, 3.63) is 29.8 Å². The number of esters is 2. The lowest BCUT2D eigenvalue weighted by molar-refractivity contribution is -0.254. The van der Waals surface area contributed by atoms with Gasteiger partial charge in [0, 0.05) is 25.7 Å². The van der Waals surface area contributed by atoms with Gasteiger partial charge in [0.2, 0.25) is 0 Å². The van der Waals surface area contributed by atoms with E-state index in [1.165, 1.54) is 5.56 Å². The van der Waals surface area contributed by atoms with Crippen LogP contribution in [0.5, 0.6) is 5.75 Å². The molecule has 40 heavy (non-hydrogen) atoms. The van der Waals surface area contributed by atoms with Crippen LogP contribution in [0.2, 0.25) is 0 Å². The average Bonchev–Trinajstić information content (AvgIpc) is 2.82. The highest BCUT2D eigenvalue weighted by Crippen LogP contribution is 2.44. The molecular weight excluding hydrogens is 508 g/mol. The van der Waals surface area contributed by atoms with E-state index in [-0.39, 0.29) is 65.9 Å². The van der Waals surface area contributed by atoms with Crippen LogP contribution in [0.3, 0.4) is 0 Å². The van der Waals surface area contributed by atoms with E-state index in [2.05, 4.69) is 60.5 Å². The van der Waals surface area contributed by atoms with E-state index >= 15 is 0 Å². The molecule has 226 valence electrons.